The summed E-state index contributed by atoms with van der Waals surface area (Å²) < 4.78 is 27.6. The minimum Gasteiger partial charge on any atom is -0.390 e. The van der Waals surface area contributed by atoms with Crippen molar-refractivity contribution < 1.29 is 13.9 Å². The fraction of sp³-hybridized carbons (Fsp3) is 1.00. The lowest BCUT2D eigenvalue weighted by Gasteiger charge is -2.28. The van der Waals surface area contributed by atoms with Crippen LogP contribution >= 0.6 is 0 Å². The van der Waals surface area contributed by atoms with Crippen molar-refractivity contribution >= 4 is 0 Å². The summed E-state index contributed by atoms with van der Waals surface area (Å²) in [5.74, 6) is 1.10. The minimum absolute atomic E-state index is 0.137. The molecule has 0 aromatic rings. The maximum Gasteiger partial charge on any atom is 0.157 e. The molecule has 0 aliphatic carbocycles. The summed E-state index contributed by atoms with van der Waals surface area (Å²) in [6, 6.07) is 0. The van der Waals surface area contributed by atoms with Crippen LogP contribution in [0.15, 0.2) is 0 Å². The van der Waals surface area contributed by atoms with Crippen molar-refractivity contribution in [3.05, 3.63) is 0 Å². The molecule has 0 spiro atoms. The van der Waals surface area contributed by atoms with Gasteiger partial charge >= 0.3 is 0 Å². The Morgan fingerprint density at radius 1 is 0.762 bits per heavy atom. The van der Waals surface area contributed by atoms with Crippen molar-refractivity contribution in [2.75, 3.05) is 0 Å². The molecule has 1 nitrogen and oxygen atoms in total. The highest BCUT2D eigenvalue weighted by molar-refractivity contribution is 4.81. The van der Waals surface area contributed by atoms with Gasteiger partial charge in [-0.2, -0.15) is 0 Å². The van der Waals surface area contributed by atoms with E-state index in [0.717, 1.165) is 12.8 Å². The Morgan fingerprint density at radius 2 is 1.24 bits per heavy atom. The van der Waals surface area contributed by atoms with Crippen LogP contribution in [0, 0.1) is 23.7 Å². The van der Waals surface area contributed by atoms with Crippen LogP contribution in [0.5, 0.6) is 0 Å². The van der Waals surface area contributed by atoms with E-state index in [-0.39, 0.29) is 11.8 Å². The van der Waals surface area contributed by atoms with Gasteiger partial charge in [-0.15, -0.1) is 0 Å². The van der Waals surface area contributed by atoms with Crippen molar-refractivity contribution in [2.24, 2.45) is 23.7 Å². The molecule has 3 heteroatoms. The number of alkyl halides is 2. The van der Waals surface area contributed by atoms with Gasteiger partial charge in [0.05, 0.1) is 6.10 Å². The second kappa shape index (κ2) is 10.5. The van der Waals surface area contributed by atoms with Crippen LogP contribution in [0.1, 0.15) is 73.6 Å². The van der Waals surface area contributed by atoms with Crippen molar-refractivity contribution in [2.45, 2.75) is 92.1 Å². The van der Waals surface area contributed by atoms with E-state index in [1.165, 1.54) is 26.2 Å². The van der Waals surface area contributed by atoms with E-state index in [1.807, 2.05) is 6.92 Å². The van der Waals surface area contributed by atoms with Gasteiger partial charge < -0.3 is 5.11 Å². The highest BCUT2D eigenvalue weighted by Gasteiger charge is 2.33. The molecular formula is C18H36F2O. The van der Waals surface area contributed by atoms with Crippen LogP contribution < -0.4 is 0 Å². The molecule has 7 unspecified atom stereocenters. The monoisotopic (exact) mass is 306 g/mol. The van der Waals surface area contributed by atoms with E-state index in [9.17, 15) is 13.9 Å². The normalized spacial score (nSPS) is 22.1. The fourth-order valence-electron chi connectivity index (χ4n) is 2.75. The van der Waals surface area contributed by atoms with Crippen molar-refractivity contribution in [3.63, 3.8) is 0 Å². The van der Waals surface area contributed by atoms with Gasteiger partial charge in [0.2, 0.25) is 0 Å². The van der Waals surface area contributed by atoms with Gasteiger partial charge in [0.1, 0.15) is 6.17 Å². The Labute approximate surface area is 130 Å². The third-order valence-electron chi connectivity index (χ3n) is 5.23. The largest absolute Gasteiger partial charge is 0.390 e. The molecule has 0 aliphatic heterocycles. The molecule has 21 heavy (non-hydrogen) atoms. The van der Waals surface area contributed by atoms with Gasteiger partial charge in [-0.1, -0.05) is 66.7 Å². The lowest BCUT2D eigenvalue weighted by atomic mass is 9.81. The first-order valence-electron chi connectivity index (χ1n) is 8.68. The lowest BCUT2D eigenvalue weighted by Crippen LogP contribution is -2.36. The Hall–Kier alpha value is -0.180. The molecule has 0 aromatic heterocycles. The summed E-state index contributed by atoms with van der Waals surface area (Å²) in [5, 5.41) is 9.18. The summed E-state index contributed by atoms with van der Waals surface area (Å²) in [6.45, 7) is 11.8. The molecule has 0 saturated heterocycles. The van der Waals surface area contributed by atoms with Crippen LogP contribution in [0.4, 0.5) is 8.78 Å². The molecule has 0 rings (SSSR count). The third kappa shape index (κ3) is 7.58. The van der Waals surface area contributed by atoms with E-state index >= 15 is 0 Å². The van der Waals surface area contributed by atoms with Crippen molar-refractivity contribution in [1.82, 2.24) is 0 Å². The van der Waals surface area contributed by atoms with Gasteiger partial charge in [-0.3, -0.25) is 0 Å². The number of rotatable bonds is 11. The predicted octanol–water partition coefficient (Wildman–Crippen LogP) is 5.56. The van der Waals surface area contributed by atoms with E-state index in [0.29, 0.717) is 11.8 Å². The van der Waals surface area contributed by atoms with Gasteiger partial charge in [0.15, 0.2) is 6.17 Å². The van der Waals surface area contributed by atoms with Crippen LogP contribution in [-0.2, 0) is 0 Å². The van der Waals surface area contributed by atoms with E-state index in [4.69, 9.17) is 0 Å². The van der Waals surface area contributed by atoms with Crippen LogP contribution in [0.3, 0.4) is 0 Å². The smallest absolute Gasteiger partial charge is 0.157 e. The van der Waals surface area contributed by atoms with Gasteiger partial charge in [-0.05, 0) is 30.6 Å². The molecule has 0 radical (unpaired) electrons. The number of aliphatic hydroxyl groups excluding tert-OH is 1. The maximum absolute atomic E-state index is 14.0. The number of unbranched alkanes of at least 4 members (excludes halogenated alkanes) is 1. The molecule has 0 aliphatic rings. The molecule has 0 heterocycles. The Balaban J connectivity index is 4.20. The van der Waals surface area contributed by atoms with Gasteiger partial charge in [-0.25, -0.2) is 8.78 Å². The SMILES string of the molecule is CCCCC(C)C(C)CCC(C)C(C)C(F)C(F)C(C)O. The Bertz CT molecular complexity index is 258. The zero-order chi connectivity index (χ0) is 16.6. The molecule has 0 bridgehead atoms. The first-order valence-corrected chi connectivity index (χ1v) is 8.68. The zero-order valence-corrected chi connectivity index (χ0v) is 14.8. The average molecular weight is 306 g/mol. The Morgan fingerprint density at radius 3 is 1.71 bits per heavy atom. The average Bonchev–Trinajstić information content (AvgIpc) is 2.46. The van der Waals surface area contributed by atoms with E-state index in [2.05, 4.69) is 20.8 Å². The molecule has 0 aromatic carbocycles. The van der Waals surface area contributed by atoms with Crippen LogP contribution in [0.2, 0.25) is 0 Å². The first-order chi connectivity index (χ1) is 9.72. The topological polar surface area (TPSA) is 20.2 Å². The molecular weight excluding hydrogens is 270 g/mol. The molecule has 128 valence electrons. The van der Waals surface area contributed by atoms with Crippen LogP contribution in [0.25, 0.3) is 0 Å². The van der Waals surface area contributed by atoms with Gasteiger partial charge in [0.25, 0.3) is 0 Å². The molecule has 0 fully saturated rings. The third-order valence-corrected chi connectivity index (χ3v) is 5.23. The second-order valence-corrected chi connectivity index (χ2v) is 7.14. The Kier molecular flexibility index (Phi) is 10.4. The number of aliphatic hydroxyl groups is 1. The quantitative estimate of drug-likeness (QED) is 0.530. The summed E-state index contributed by atoms with van der Waals surface area (Å²) >= 11 is 0. The highest BCUT2D eigenvalue weighted by Crippen LogP contribution is 2.30. The lowest BCUT2D eigenvalue weighted by molar-refractivity contribution is 0.00510. The number of hydrogen-bond acceptors (Lipinski definition) is 1. The molecule has 1 N–H and O–H groups in total. The standard InChI is InChI=1S/C18H36F2O/c1-7-8-9-12(2)13(3)10-11-14(4)15(5)17(19)18(20)16(6)21/h12-18,21H,7-11H2,1-6H3. The van der Waals surface area contributed by atoms with E-state index < -0.39 is 18.4 Å². The summed E-state index contributed by atoms with van der Waals surface area (Å²) in [5.41, 5.74) is 0. The highest BCUT2D eigenvalue weighted by atomic mass is 19.2. The summed E-state index contributed by atoms with van der Waals surface area (Å²) in [4.78, 5) is 0. The maximum atomic E-state index is 14.0. The zero-order valence-electron chi connectivity index (χ0n) is 14.8. The van der Waals surface area contributed by atoms with Crippen molar-refractivity contribution in [3.8, 4) is 0 Å². The second-order valence-electron chi connectivity index (χ2n) is 7.14. The minimum atomic E-state index is -1.77. The van der Waals surface area contributed by atoms with Crippen LogP contribution in [-0.4, -0.2) is 23.6 Å². The summed E-state index contributed by atoms with van der Waals surface area (Å²) in [6.07, 6.45) is 1.15. The molecule has 0 saturated carbocycles. The fourth-order valence-corrected chi connectivity index (χ4v) is 2.75. The van der Waals surface area contributed by atoms with Crippen molar-refractivity contribution in [1.29, 1.82) is 0 Å². The molecule has 0 amide bonds. The number of hydrogen-bond donors (Lipinski definition) is 1. The van der Waals surface area contributed by atoms with E-state index in [1.54, 1.807) is 6.92 Å². The number of halogens is 2. The predicted molar refractivity (Wildman–Crippen MR) is 86.9 cm³/mol. The summed E-state index contributed by atoms with van der Waals surface area (Å²) in [7, 11) is 0. The first kappa shape index (κ1) is 20.8. The van der Waals surface area contributed by atoms with Gasteiger partial charge in [0, 0.05) is 0 Å². The molecule has 7 atom stereocenters.